The zero-order valence-corrected chi connectivity index (χ0v) is 19.9. The summed E-state index contributed by atoms with van der Waals surface area (Å²) in [6.07, 6.45) is 5.23. The first-order valence-corrected chi connectivity index (χ1v) is 11.2. The van der Waals surface area contributed by atoms with Gasteiger partial charge in [-0.1, -0.05) is 6.07 Å². The van der Waals surface area contributed by atoms with Crippen molar-refractivity contribution in [2.45, 2.75) is 25.9 Å². The molecule has 2 atom stereocenters. The van der Waals surface area contributed by atoms with E-state index in [9.17, 15) is 0 Å². The molecule has 9 heteroatoms. The van der Waals surface area contributed by atoms with Crippen LogP contribution < -0.4 is 15.1 Å². The molecular weight excluding hydrogens is 432 g/mol. The van der Waals surface area contributed by atoms with Crippen molar-refractivity contribution in [1.29, 1.82) is 0 Å². The molecule has 0 amide bonds. The number of thiocarbonyl (C=S) groups is 1. The molecule has 0 aliphatic carbocycles. The topological polar surface area (TPSA) is 67.0 Å². The Bertz CT molecular complexity index is 1260. The van der Waals surface area contributed by atoms with Crippen molar-refractivity contribution in [1.82, 2.24) is 29.9 Å². The average molecular weight is 459 g/mol. The highest BCUT2D eigenvalue weighted by molar-refractivity contribution is 7.80. The first-order valence-electron chi connectivity index (χ1n) is 10.8. The number of aromatic nitrogens is 5. The summed E-state index contributed by atoms with van der Waals surface area (Å²) in [4.78, 5) is 8.95. The van der Waals surface area contributed by atoms with E-state index in [2.05, 4.69) is 79.2 Å². The van der Waals surface area contributed by atoms with Gasteiger partial charge in [-0.05, 0) is 68.5 Å². The maximum absolute atomic E-state index is 5.87. The zero-order valence-electron chi connectivity index (χ0n) is 19.0. The highest BCUT2D eigenvalue weighted by Crippen LogP contribution is 2.43. The van der Waals surface area contributed by atoms with Crippen LogP contribution >= 0.6 is 12.2 Å². The quantitative estimate of drug-likeness (QED) is 0.458. The second-order valence-electron chi connectivity index (χ2n) is 8.39. The van der Waals surface area contributed by atoms with Crippen LogP contribution in [-0.2, 0) is 0 Å². The molecule has 0 saturated carbocycles. The number of aryl methyl sites for hydroxylation is 1. The van der Waals surface area contributed by atoms with Gasteiger partial charge >= 0.3 is 0 Å². The number of pyridine rings is 1. The maximum Gasteiger partial charge on any atom is 0.174 e. The molecule has 0 spiro atoms. The molecule has 1 aliphatic rings. The maximum atomic E-state index is 5.87. The lowest BCUT2D eigenvalue weighted by atomic mass is 9.96. The van der Waals surface area contributed by atoms with Gasteiger partial charge in [0.25, 0.3) is 0 Å². The largest absolute Gasteiger partial charge is 0.378 e. The zero-order chi connectivity index (χ0) is 23.1. The number of rotatable bonds is 5. The van der Waals surface area contributed by atoms with Gasteiger partial charge in [-0.15, -0.1) is 10.2 Å². The van der Waals surface area contributed by atoms with Crippen molar-refractivity contribution in [2.75, 3.05) is 23.9 Å². The summed E-state index contributed by atoms with van der Waals surface area (Å²) < 4.78 is 4.00. The molecule has 4 aromatic rings. The molecule has 168 valence electrons. The van der Waals surface area contributed by atoms with E-state index in [4.69, 9.17) is 12.2 Å². The molecule has 0 radical (unpaired) electrons. The van der Waals surface area contributed by atoms with Gasteiger partial charge in [0.15, 0.2) is 5.11 Å². The van der Waals surface area contributed by atoms with E-state index >= 15 is 0 Å². The van der Waals surface area contributed by atoms with Crippen molar-refractivity contribution in [2.24, 2.45) is 0 Å². The monoisotopic (exact) mass is 458 g/mol. The Hall–Kier alpha value is -3.72. The van der Waals surface area contributed by atoms with Gasteiger partial charge in [0, 0.05) is 48.6 Å². The minimum Gasteiger partial charge on any atom is -0.378 e. The predicted molar refractivity (Wildman–Crippen MR) is 133 cm³/mol. The lowest BCUT2D eigenvalue weighted by Gasteiger charge is -2.28. The smallest absolute Gasteiger partial charge is 0.174 e. The van der Waals surface area contributed by atoms with Gasteiger partial charge in [0.1, 0.15) is 12.7 Å². The fourth-order valence-electron chi connectivity index (χ4n) is 4.59. The highest BCUT2D eigenvalue weighted by Gasteiger charge is 2.42. The molecule has 1 aliphatic heterocycles. The lowest BCUT2D eigenvalue weighted by molar-refractivity contribution is 0.557. The fraction of sp³-hybridized carbons (Fsp3) is 0.250. The van der Waals surface area contributed by atoms with Crippen LogP contribution in [0.2, 0.25) is 0 Å². The van der Waals surface area contributed by atoms with Crippen LogP contribution in [0.15, 0.2) is 67.4 Å². The van der Waals surface area contributed by atoms with E-state index in [1.807, 2.05) is 43.2 Å². The van der Waals surface area contributed by atoms with Crippen LogP contribution in [0.4, 0.5) is 11.4 Å². The molecule has 33 heavy (non-hydrogen) atoms. The molecule has 5 rings (SSSR count). The van der Waals surface area contributed by atoms with Crippen LogP contribution in [0.5, 0.6) is 0 Å². The van der Waals surface area contributed by atoms with Crippen molar-refractivity contribution >= 4 is 28.7 Å². The Morgan fingerprint density at radius 2 is 1.73 bits per heavy atom. The van der Waals surface area contributed by atoms with E-state index in [1.165, 1.54) is 5.56 Å². The van der Waals surface area contributed by atoms with E-state index in [0.29, 0.717) is 5.11 Å². The molecule has 8 nitrogen and oxygen atoms in total. The first kappa shape index (κ1) is 21.1. The van der Waals surface area contributed by atoms with Gasteiger partial charge in [0.05, 0.1) is 17.8 Å². The van der Waals surface area contributed by atoms with Gasteiger partial charge < -0.3 is 15.1 Å². The second-order valence-corrected chi connectivity index (χ2v) is 8.77. The molecule has 1 saturated heterocycles. The number of hydrogen-bond donors (Lipinski definition) is 1. The van der Waals surface area contributed by atoms with Crippen LogP contribution in [-0.4, -0.2) is 43.7 Å². The van der Waals surface area contributed by atoms with E-state index in [0.717, 1.165) is 28.5 Å². The second kappa shape index (κ2) is 8.32. The van der Waals surface area contributed by atoms with Gasteiger partial charge in [0.2, 0.25) is 0 Å². The molecule has 4 heterocycles. The Morgan fingerprint density at radius 1 is 1.00 bits per heavy atom. The summed E-state index contributed by atoms with van der Waals surface area (Å²) in [5.74, 6) is 0. The summed E-state index contributed by atoms with van der Waals surface area (Å²) in [5, 5.41) is 12.2. The summed E-state index contributed by atoms with van der Waals surface area (Å²) in [5.41, 5.74) is 6.48. The van der Waals surface area contributed by atoms with Crippen LogP contribution in [0.25, 0.3) is 0 Å². The Morgan fingerprint density at radius 3 is 2.36 bits per heavy atom. The summed E-state index contributed by atoms with van der Waals surface area (Å²) in [6.45, 7) is 4.20. The van der Waals surface area contributed by atoms with Crippen LogP contribution in [0, 0.1) is 13.8 Å². The normalized spacial score (nSPS) is 17.9. The van der Waals surface area contributed by atoms with Crippen LogP contribution in [0.1, 0.15) is 34.7 Å². The van der Waals surface area contributed by atoms with E-state index < -0.39 is 0 Å². The van der Waals surface area contributed by atoms with Crippen molar-refractivity contribution in [3.05, 3.63) is 90.0 Å². The first-order chi connectivity index (χ1) is 16.0. The molecule has 1 aromatic carbocycles. The minimum absolute atomic E-state index is 0.0750. The van der Waals surface area contributed by atoms with Crippen LogP contribution in [0.3, 0.4) is 0 Å². The number of nitrogens with one attached hydrogen (secondary N) is 1. The van der Waals surface area contributed by atoms with Gasteiger partial charge in [-0.3, -0.25) is 9.66 Å². The standard InChI is InChI=1S/C24H26N8S/c1-16-13-20(17(2)32(16)30-14-26-27-15-30)23-22(21-7-5-6-12-25-21)28-24(33)31(23)19-10-8-18(9-11-19)29(3)4/h5-15,22-23H,1-4H3,(H,28,33)/t22-,23-/m0/s1. The fourth-order valence-corrected chi connectivity index (χ4v) is 4.94. The SMILES string of the molecule is Cc1cc([C@H]2[C@H](c3ccccn3)NC(=S)N2c2ccc(N(C)C)cc2)c(C)n1-n1cnnc1. The summed E-state index contributed by atoms with van der Waals surface area (Å²) in [7, 11) is 4.08. The minimum atomic E-state index is -0.0953. The number of nitrogens with zero attached hydrogens (tertiary/aromatic N) is 7. The summed E-state index contributed by atoms with van der Waals surface area (Å²) >= 11 is 5.87. The molecular formula is C24H26N8S. The molecule has 1 N–H and O–H groups in total. The van der Waals surface area contributed by atoms with Gasteiger partial charge in [-0.2, -0.15) is 0 Å². The lowest BCUT2D eigenvalue weighted by Crippen LogP contribution is -2.29. The number of benzene rings is 1. The molecule has 3 aromatic heterocycles. The Kier molecular flexibility index (Phi) is 5.33. The third-order valence-corrected chi connectivity index (χ3v) is 6.45. The highest BCUT2D eigenvalue weighted by atomic mass is 32.1. The molecule has 1 fully saturated rings. The Balaban J connectivity index is 1.65. The van der Waals surface area contributed by atoms with Gasteiger partial charge in [-0.25, -0.2) is 4.68 Å². The third-order valence-electron chi connectivity index (χ3n) is 6.13. The van der Waals surface area contributed by atoms with Crippen molar-refractivity contribution in [3.8, 4) is 0 Å². The number of hydrogen-bond acceptors (Lipinski definition) is 5. The molecule has 0 bridgehead atoms. The Labute approximate surface area is 198 Å². The van der Waals surface area contributed by atoms with E-state index in [-0.39, 0.29) is 12.1 Å². The third kappa shape index (κ3) is 3.64. The predicted octanol–water partition coefficient (Wildman–Crippen LogP) is 3.65. The summed E-state index contributed by atoms with van der Waals surface area (Å²) in [6, 6.07) is 16.5. The van der Waals surface area contributed by atoms with E-state index in [1.54, 1.807) is 12.7 Å². The van der Waals surface area contributed by atoms with Crippen molar-refractivity contribution < 1.29 is 0 Å². The average Bonchev–Trinajstić information content (AvgIpc) is 3.52. The van der Waals surface area contributed by atoms with Crippen molar-refractivity contribution in [3.63, 3.8) is 0 Å². The molecule has 0 unspecified atom stereocenters. The number of anilines is 2.